The van der Waals surface area contributed by atoms with Crippen LogP contribution in [-0.2, 0) is 6.54 Å². The van der Waals surface area contributed by atoms with Gasteiger partial charge < -0.3 is 10.0 Å². The highest BCUT2D eigenvalue weighted by Gasteiger charge is 2.61. The summed E-state index contributed by atoms with van der Waals surface area (Å²) in [6.45, 7) is 7.49. The number of benzene rings is 1. The van der Waals surface area contributed by atoms with Gasteiger partial charge in [-0.1, -0.05) is 49.3 Å². The van der Waals surface area contributed by atoms with Crippen LogP contribution in [0.25, 0.3) is 11.4 Å². The Bertz CT molecular complexity index is 766. The highest BCUT2D eigenvalue weighted by atomic mass is 16.5. The zero-order chi connectivity index (χ0) is 16.9. The molecule has 0 amide bonds. The monoisotopic (exact) mass is 329 g/mol. The zero-order valence-electron chi connectivity index (χ0n) is 14.1. The van der Waals surface area contributed by atoms with Gasteiger partial charge in [0, 0.05) is 25.2 Å². The van der Waals surface area contributed by atoms with Crippen molar-refractivity contribution in [2.75, 3.05) is 19.6 Å². The maximum Gasteiger partial charge on any atom is 0.441 e. The van der Waals surface area contributed by atoms with Crippen molar-refractivity contribution in [1.29, 1.82) is 0 Å². The fourth-order valence-electron chi connectivity index (χ4n) is 4.15. The molecule has 1 N–H and O–H groups in total. The Kier molecular flexibility index (Phi) is 3.62. The minimum absolute atomic E-state index is 0.196. The van der Waals surface area contributed by atoms with Gasteiger partial charge in [0.25, 0.3) is 0 Å². The van der Waals surface area contributed by atoms with Crippen molar-refractivity contribution in [3.05, 3.63) is 40.9 Å². The molecule has 3 unspecified atom stereocenters. The molecular weight excluding hydrogens is 306 g/mol. The molecule has 1 aliphatic carbocycles. The Hall–Kier alpha value is -1.92. The van der Waals surface area contributed by atoms with Crippen molar-refractivity contribution < 1.29 is 9.63 Å². The molecule has 1 aromatic carbocycles. The number of aliphatic hydroxyl groups is 1. The summed E-state index contributed by atoms with van der Waals surface area (Å²) in [5.41, 5.74) is 1.27. The van der Waals surface area contributed by atoms with Gasteiger partial charge in [-0.25, -0.2) is 4.79 Å². The fourth-order valence-corrected chi connectivity index (χ4v) is 4.15. The third-order valence-electron chi connectivity index (χ3n) is 5.78. The molecule has 1 saturated carbocycles. The molecule has 4 rings (SSSR count). The smallest absolute Gasteiger partial charge is 0.390 e. The maximum atomic E-state index is 11.9. The summed E-state index contributed by atoms with van der Waals surface area (Å²) < 4.78 is 6.22. The van der Waals surface area contributed by atoms with Crippen LogP contribution in [0.1, 0.15) is 13.8 Å². The quantitative estimate of drug-likeness (QED) is 0.899. The van der Waals surface area contributed by atoms with Crippen molar-refractivity contribution in [2.45, 2.75) is 26.5 Å². The van der Waals surface area contributed by atoms with Crippen LogP contribution in [0.3, 0.4) is 0 Å². The van der Waals surface area contributed by atoms with E-state index in [9.17, 15) is 9.90 Å². The molecule has 6 heteroatoms. The van der Waals surface area contributed by atoms with Gasteiger partial charge in [-0.3, -0.25) is 9.09 Å². The zero-order valence-corrected chi connectivity index (χ0v) is 14.1. The largest absolute Gasteiger partial charge is 0.441 e. The standard InChI is InChI=1S/C18H23N3O3/c1-18(2)14-10-20(11-15(14)18)8-13(22)9-21-16(19-24-17(21)23)12-6-4-3-5-7-12/h3-7,13-15,22H,8-11H2,1-2H3. The number of β-amino-alcohol motifs (C(OH)–C–C–N with tert-alkyl or cyclic N) is 1. The minimum Gasteiger partial charge on any atom is -0.390 e. The summed E-state index contributed by atoms with van der Waals surface area (Å²) in [5, 5.41) is 14.3. The van der Waals surface area contributed by atoms with E-state index in [1.807, 2.05) is 30.3 Å². The van der Waals surface area contributed by atoms with E-state index in [1.54, 1.807) is 0 Å². The molecule has 0 radical (unpaired) electrons. The van der Waals surface area contributed by atoms with Gasteiger partial charge in [-0.2, -0.15) is 0 Å². The van der Waals surface area contributed by atoms with Gasteiger partial charge in [0.1, 0.15) is 0 Å². The summed E-state index contributed by atoms with van der Waals surface area (Å²) >= 11 is 0. The van der Waals surface area contributed by atoms with Gasteiger partial charge in [-0.15, -0.1) is 0 Å². The second-order valence-corrected chi connectivity index (χ2v) is 7.66. The first-order valence-electron chi connectivity index (χ1n) is 8.49. The van der Waals surface area contributed by atoms with Crippen LogP contribution >= 0.6 is 0 Å². The normalized spacial score (nSPS) is 26.3. The van der Waals surface area contributed by atoms with E-state index in [0.717, 1.165) is 30.5 Å². The first kappa shape index (κ1) is 15.6. The summed E-state index contributed by atoms with van der Waals surface area (Å²) in [5.74, 6) is 1.44. The second-order valence-electron chi connectivity index (χ2n) is 7.66. The van der Waals surface area contributed by atoms with Crippen LogP contribution in [0.15, 0.2) is 39.6 Å². The van der Waals surface area contributed by atoms with E-state index in [1.165, 1.54) is 4.57 Å². The lowest BCUT2D eigenvalue weighted by atomic mass is 10.1. The molecular formula is C18H23N3O3. The molecule has 2 heterocycles. The first-order chi connectivity index (χ1) is 11.5. The number of hydrogen-bond donors (Lipinski definition) is 1. The predicted molar refractivity (Wildman–Crippen MR) is 89.4 cm³/mol. The second kappa shape index (κ2) is 5.57. The molecule has 2 aliphatic rings. The fraction of sp³-hybridized carbons (Fsp3) is 0.556. The van der Waals surface area contributed by atoms with Crippen LogP contribution in [0.2, 0.25) is 0 Å². The lowest BCUT2D eigenvalue weighted by Gasteiger charge is -2.24. The molecule has 3 atom stereocenters. The van der Waals surface area contributed by atoms with Gasteiger partial charge in [0.2, 0.25) is 0 Å². The van der Waals surface area contributed by atoms with E-state index >= 15 is 0 Å². The number of likely N-dealkylation sites (tertiary alicyclic amines) is 1. The predicted octanol–water partition coefficient (Wildman–Crippen LogP) is 1.45. The Morgan fingerprint density at radius 3 is 2.58 bits per heavy atom. The maximum absolute atomic E-state index is 11.9. The third kappa shape index (κ3) is 2.59. The SMILES string of the molecule is CC1(C)C2CN(CC(O)Cn3c(-c4ccccc4)noc3=O)CC21. The molecule has 0 spiro atoms. The Labute approximate surface area is 140 Å². The topological polar surface area (TPSA) is 71.5 Å². The summed E-state index contributed by atoms with van der Waals surface area (Å²) in [7, 11) is 0. The molecule has 2 aromatic rings. The summed E-state index contributed by atoms with van der Waals surface area (Å²) in [4.78, 5) is 14.2. The van der Waals surface area contributed by atoms with Gasteiger partial charge in [0.15, 0.2) is 5.82 Å². The van der Waals surface area contributed by atoms with E-state index in [2.05, 4.69) is 23.9 Å². The van der Waals surface area contributed by atoms with Gasteiger partial charge >= 0.3 is 5.76 Å². The molecule has 0 bridgehead atoms. The van der Waals surface area contributed by atoms with Gasteiger partial charge in [0.05, 0.1) is 12.6 Å². The highest BCUT2D eigenvalue weighted by Crippen LogP contribution is 2.61. The molecule has 2 fully saturated rings. The number of aromatic nitrogens is 2. The summed E-state index contributed by atoms with van der Waals surface area (Å²) in [6, 6.07) is 9.41. The Balaban J connectivity index is 1.43. The van der Waals surface area contributed by atoms with Crippen LogP contribution in [0.5, 0.6) is 0 Å². The molecule has 1 saturated heterocycles. The van der Waals surface area contributed by atoms with Crippen LogP contribution in [-0.4, -0.2) is 45.5 Å². The lowest BCUT2D eigenvalue weighted by molar-refractivity contribution is 0.0966. The van der Waals surface area contributed by atoms with Crippen molar-refractivity contribution in [2.24, 2.45) is 17.3 Å². The van der Waals surface area contributed by atoms with E-state index < -0.39 is 11.9 Å². The molecule has 1 aromatic heterocycles. The van der Waals surface area contributed by atoms with Crippen LogP contribution in [0.4, 0.5) is 0 Å². The summed E-state index contributed by atoms with van der Waals surface area (Å²) in [6.07, 6.45) is -0.620. The number of fused-ring (bicyclic) bond motifs is 1. The van der Waals surface area contributed by atoms with Crippen molar-refractivity contribution >= 4 is 0 Å². The number of aliphatic hydroxyl groups excluding tert-OH is 1. The average molecular weight is 329 g/mol. The van der Waals surface area contributed by atoms with Crippen LogP contribution < -0.4 is 5.76 Å². The lowest BCUT2D eigenvalue weighted by Crippen LogP contribution is -2.37. The molecule has 24 heavy (non-hydrogen) atoms. The third-order valence-corrected chi connectivity index (χ3v) is 5.78. The van der Waals surface area contributed by atoms with E-state index in [-0.39, 0.29) is 6.54 Å². The number of hydrogen-bond acceptors (Lipinski definition) is 5. The molecule has 6 nitrogen and oxygen atoms in total. The van der Waals surface area contributed by atoms with Crippen molar-refractivity contribution in [3.63, 3.8) is 0 Å². The Morgan fingerprint density at radius 1 is 1.25 bits per heavy atom. The van der Waals surface area contributed by atoms with E-state index in [4.69, 9.17) is 4.52 Å². The van der Waals surface area contributed by atoms with Crippen molar-refractivity contribution in [3.8, 4) is 11.4 Å². The number of nitrogens with zero attached hydrogens (tertiary/aromatic N) is 3. The number of rotatable bonds is 5. The first-order valence-corrected chi connectivity index (χ1v) is 8.49. The Morgan fingerprint density at radius 2 is 1.92 bits per heavy atom. The van der Waals surface area contributed by atoms with E-state index in [0.29, 0.717) is 17.8 Å². The van der Waals surface area contributed by atoms with Crippen LogP contribution in [0, 0.1) is 17.3 Å². The minimum atomic E-state index is -0.620. The average Bonchev–Trinajstić information content (AvgIpc) is 2.94. The van der Waals surface area contributed by atoms with Crippen molar-refractivity contribution in [1.82, 2.24) is 14.6 Å². The molecule has 1 aliphatic heterocycles. The highest BCUT2D eigenvalue weighted by molar-refractivity contribution is 5.54. The number of piperidine rings is 1. The molecule has 128 valence electrons. The van der Waals surface area contributed by atoms with Gasteiger partial charge in [-0.05, 0) is 17.3 Å².